The van der Waals surface area contributed by atoms with Crippen LogP contribution < -0.4 is 5.32 Å². The van der Waals surface area contributed by atoms with Crippen molar-refractivity contribution in [3.05, 3.63) is 0 Å². The van der Waals surface area contributed by atoms with E-state index in [-0.39, 0.29) is 0 Å². The van der Waals surface area contributed by atoms with Gasteiger partial charge in [-0.1, -0.05) is 0 Å². The van der Waals surface area contributed by atoms with E-state index in [9.17, 15) is 18.3 Å². The SMILES string of the molecule is O=P(O)(O)C(CNC(P(=O)(O)O)P(=O)(O)O)P(=O)(O)O. The van der Waals surface area contributed by atoms with Crippen LogP contribution in [-0.4, -0.2) is 56.6 Å². The number of hydrogen-bond acceptors (Lipinski definition) is 5. The smallest absolute Gasteiger partial charge is 0.324 e. The first-order valence-electron chi connectivity index (χ1n) is 4.41. The second-order valence-electron chi connectivity index (χ2n) is 3.62. The Bertz CT molecular complexity index is 427. The first-order chi connectivity index (χ1) is 8.47. The molecule has 0 aliphatic rings. The van der Waals surface area contributed by atoms with Crippen LogP contribution in [0.2, 0.25) is 0 Å². The Labute approximate surface area is 111 Å². The Hall–Kier alpha value is 0.560. The van der Waals surface area contributed by atoms with Crippen LogP contribution in [0.15, 0.2) is 0 Å². The van der Waals surface area contributed by atoms with E-state index in [4.69, 9.17) is 39.1 Å². The summed E-state index contributed by atoms with van der Waals surface area (Å²) in [6.07, 6.45) is 0. The van der Waals surface area contributed by atoms with Crippen LogP contribution in [0.1, 0.15) is 0 Å². The molecule has 13 nitrogen and oxygen atoms in total. The predicted octanol–water partition coefficient (Wildman–Crippen LogP) is -2.10. The quantitative estimate of drug-likeness (QED) is 0.215. The van der Waals surface area contributed by atoms with E-state index in [1.165, 1.54) is 5.32 Å². The molecule has 0 saturated heterocycles. The number of rotatable bonds is 7. The van der Waals surface area contributed by atoms with E-state index in [0.717, 1.165) is 0 Å². The van der Waals surface area contributed by atoms with Gasteiger partial charge in [0, 0.05) is 6.54 Å². The van der Waals surface area contributed by atoms with Gasteiger partial charge >= 0.3 is 30.4 Å². The summed E-state index contributed by atoms with van der Waals surface area (Å²) in [7, 11) is -21.7. The van der Waals surface area contributed by atoms with Crippen molar-refractivity contribution < 1.29 is 57.4 Å². The molecule has 17 heteroatoms. The van der Waals surface area contributed by atoms with Gasteiger partial charge in [0.1, 0.15) is 0 Å². The minimum Gasteiger partial charge on any atom is -0.324 e. The molecular weight excluding hydrogens is 366 g/mol. The fourth-order valence-corrected chi connectivity index (χ4v) is 5.59. The molecule has 20 heavy (non-hydrogen) atoms. The summed E-state index contributed by atoms with van der Waals surface area (Å²) in [5, 5.41) is -1.30. The van der Waals surface area contributed by atoms with E-state index >= 15 is 0 Å². The van der Waals surface area contributed by atoms with Gasteiger partial charge < -0.3 is 39.1 Å². The third-order valence-electron chi connectivity index (χ3n) is 1.90. The summed E-state index contributed by atoms with van der Waals surface area (Å²) in [6, 6.07) is 0. The Morgan fingerprint density at radius 2 is 0.950 bits per heavy atom. The number of hydrogen-bond donors (Lipinski definition) is 9. The lowest BCUT2D eigenvalue weighted by Gasteiger charge is -2.25. The largest absolute Gasteiger partial charge is 0.354 e. The highest BCUT2D eigenvalue weighted by Crippen LogP contribution is 2.61. The van der Waals surface area contributed by atoms with Gasteiger partial charge in [0.2, 0.25) is 5.52 Å². The highest BCUT2D eigenvalue weighted by Gasteiger charge is 2.48. The van der Waals surface area contributed by atoms with E-state index in [1.807, 2.05) is 0 Å². The molecule has 0 aromatic rings. The molecule has 0 saturated carbocycles. The van der Waals surface area contributed by atoms with Crippen molar-refractivity contribution >= 4 is 30.4 Å². The third-order valence-corrected chi connectivity index (χ3v) is 9.06. The molecule has 0 aromatic carbocycles. The molecule has 0 heterocycles. The zero-order valence-electron chi connectivity index (χ0n) is 9.36. The van der Waals surface area contributed by atoms with Crippen molar-refractivity contribution in [1.29, 1.82) is 0 Å². The molecule has 0 aliphatic heterocycles. The molecule has 0 rings (SSSR count). The van der Waals surface area contributed by atoms with Gasteiger partial charge in [-0.25, -0.2) is 0 Å². The maximum atomic E-state index is 10.9. The van der Waals surface area contributed by atoms with Gasteiger partial charge in [-0.15, -0.1) is 0 Å². The average molecular weight is 379 g/mol. The Morgan fingerprint density at radius 1 is 0.650 bits per heavy atom. The molecule has 0 unspecified atom stereocenters. The van der Waals surface area contributed by atoms with Crippen molar-refractivity contribution in [1.82, 2.24) is 5.32 Å². The first kappa shape index (κ1) is 20.6. The Balaban J connectivity index is 5.31. The molecular formula is C3H13NO12P4. The third kappa shape index (κ3) is 6.55. The summed E-state index contributed by atoms with van der Waals surface area (Å²) in [5.41, 5.74) is -2.84. The standard InChI is InChI=1S/C3H13NO12P4/c5-17(6,7)2(18(8,9)10)1-4-3(19(11,12)13)20(14,15)16/h2-4H,1H2,(H2,5,6,7)(H2,8,9,10)(H2,11,12,13)(H2,14,15,16). The molecule has 0 aromatic heterocycles. The second kappa shape index (κ2) is 6.36. The lowest BCUT2D eigenvalue weighted by Crippen LogP contribution is -2.35. The monoisotopic (exact) mass is 379 g/mol. The zero-order chi connectivity index (χ0) is 16.6. The fourth-order valence-electron chi connectivity index (χ4n) is 1.08. The van der Waals surface area contributed by atoms with E-state index < -0.39 is 47.9 Å². The average Bonchev–Trinajstić information content (AvgIpc) is 2.02. The lowest BCUT2D eigenvalue weighted by molar-refractivity contribution is 0.316. The van der Waals surface area contributed by atoms with Crippen LogP contribution in [-0.2, 0) is 18.3 Å². The first-order valence-corrected chi connectivity index (χ1v) is 11.1. The number of nitrogens with one attached hydrogen (secondary N) is 1. The summed E-state index contributed by atoms with van der Waals surface area (Å²) < 4.78 is 43.4. The van der Waals surface area contributed by atoms with Gasteiger partial charge in [-0.3, -0.25) is 23.6 Å². The van der Waals surface area contributed by atoms with Gasteiger partial charge in [0.05, 0.1) is 0 Å². The lowest BCUT2D eigenvalue weighted by atomic mass is 10.7. The van der Waals surface area contributed by atoms with Crippen molar-refractivity contribution in [3.8, 4) is 0 Å². The van der Waals surface area contributed by atoms with Gasteiger partial charge in [0.15, 0.2) is 5.40 Å². The topological polar surface area (TPSA) is 242 Å². The molecule has 0 atom stereocenters. The van der Waals surface area contributed by atoms with Crippen LogP contribution in [0, 0.1) is 0 Å². The summed E-state index contributed by atoms with van der Waals surface area (Å²) in [5.74, 6) is 0. The van der Waals surface area contributed by atoms with E-state index in [0.29, 0.717) is 0 Å². The highest BCUT2D eigenvalue weighted by atomic mass is 31.2. The van der Waals surface area contributed by atoms with Crippen LogP contribution in [0.25, 0.3) is 0 Å². The fraction of sp³-hybridized carbons (Fsp3) is 1.00. The molecule has 122 valence electrons. The summed E-state index contributed by atoms with van der Waals surface area (Å²) >= 11 is 0. The second-order valence-corrected chi connectivity index (χ2v) is 11.4. The predicted molar refractivity (Wildman–Crippen MR) is 63.8 cm³/mol. The van der Waals surface area contributed by atoms with Crippen LogP contribution in [0.5, 0.6) is 0 Å². The highest BCUT2D eigenvalue weighted by molar-refractivity contribution is 7.71. The van der Waals surface area contributed by atoms with Crippen molar-refractivity contribution in [3.63, 3.8) is 0 Å². The summed E-state index contributed by atoms with van der Waals surface area (Å²) in [6.45, 7) is -1.42. The van der Waals surface area contributed by atoms with E-state index in [1.54, 1.807) is 0 Å². The Morgan fingerprint density at radius 3 is 1.15 bits per heavy atom. The summed E-state index contributed by atoms with van der Waals surface area (Å²) in [4.78, 5) is 69.7. The van der Waals surface area contributed by atoms with Crippen LogP contribution >= 0.6 is 30.4 Å². The van der Waals surface area contributed by atoms with Crippen molar-refractivity contribution in [2.45, 2.75) is 10.9 Å². The van der Waals surface area contributed by atoms with Gasteiger partial charge in [0.25, 0.3) is 0 Å². The normalized spacial score (nSPS) is 15.1. The molecule has 0 fully saturated rings. The zero-order valence-corrected chi connectivity index (χ0v) is 12.9. The molecule has 0 spiro atoms. The molecule has 9 N–H and O–H groups in total. The van der Waals surface area contributed by atoms with Crippen molar-refractivity contribution in [2.24, 2.45) is 0 Å². The van der Waals surface area contributed by atoms with Crippen LogP contribution in [0.3, 0.4) is 0 Å². The molecule has 0 aliphatic carbocycles. The van der Waals surface area contributed by atoms with Gasteiger partial charge in [-0.05, 0) is 0 Å². The molecule has 0 radical (unpaired) electrons. The van der Waals surface area contributed by atoms with Gasteiger partial charge in [-0.2, -0.15) is 0 Å². The van der Waals surface area contributed by atoms with Crippen molar-refractivity contribution in [2.75, 3.05) is 6.54 Å². The minimum atomic E-state index is -5.44. The molecule has 0 amide bonds. The Kier molecular flexibility index (Phi) is 6.53. The molecule has 0 bridgehead atoms. The minimum absolute atomic E-state index is 1.40. The van der Waals surface area contributed by atoms with E-state index in [2.05, 4.69) is 0 Å². The maximum absolute atomic E-state index is 10.9. The van der Waals surface area contributed by atoms with Crippen LogP contribution in [0.4, 0.5) is 0 Å². The maximum Gasteiger partial charge on any atom is 0.354 e.